The zero-order valence-electron chi connectivity index (χ0n) is 9.28. The van der Waals surface area contributed by atoms with Crippen molar-refractivity contribution in [2.75, 3.05) is 0 Å². The van der Waals surface area contributed by atoms with E-state index in [1.54, 1.807) is 48.4 Å². The van der Waals surface area contributed by atoms with Gasteiger partial charge in [0.1, 0.15) is 0 Å². The predicted octanol–water partition coefficient (Wildman–Crippen LogP) is 2.19. The van der Waals surface area contributed by atoms with E-state index in [4.69, 9.17) is 0 Å². The number of nitrogens with zero attached hydrogens (tertiary/aromatic N) is 3. The van der Waals surface area contributed by atoms with Gasteiger partial charge in [-0.25, -0.2) is 4.98 Å². The molecule has 17 heavy (non-hydrogen) atoms. The first-order valence-electron chi connectivity index (χ1n) is 5.06. The second-order valence-corrected chi connectivity index (χ2v) is 3.58. The second-order valence-electron chi connectivity index (χ2n) is 3.58. The van der Waals surface area contributed by atoms with Crippen LogP contribution < -0.4 is 0 Å². The number of hydrogen-bond acceptors (Lipinski definition) is 3. The van der Waals surface area contributed by atoms with E-state index in [-0.39, 0.29) is 10.6 Å². The summed E-state index contributed by atoms with van der Waals surface area (Å²) >= 11 is 0. The average molecular weight is 229 g/mol. The monoisotopic (exact) mass is 229 g/mol. The Morgan fingerprint density at radius 3 is 2.65 bits per heavy atom. The number of rotatable bonds is 3. The van der Waals surface area contributed by atoms with E-state index in [1.807, 2.05) is 6.07 Å². The number of imidazole rings is 1. The van der Waals surface area contributed by atoms with Crippen molar-refractivity contribution in [2.45, 2.75) is 0 Å². The summed E-state index contributed by atoms with van der Waals surface area (Å²) in [4.78, 5) is 14.6. The third-order valence-corrected chi connectivity index (χ3v) is 2.40. The second kappa shape index (κ2) is 4.61. The van der Waals surface area contributed by atoms with E-state index >= 15 is 0 Å². The van der Waals surface area contributed by atoms with E-state index in [9.17, 15) is 10.1 Å². The molecule has 2 rings (SSSR count). The molecule has 0 bridgehead atoms. The van der Waals surface area contributed by atoms with Crippen LogP contribution in [0.25, 0.3) is 11.8 Å². The summed E-state index contributed by atoms with van der Waals surface area (Å²) in [5, 5.41) is 11.0. The number of hydrogen-bond donors (Lipinski definition) is 0. The van der Waals surface area contributed by atoms with Crippen LogP contribution in [0.2, 0.25) is 0 Å². The summed E-state index contributed by atoms with van der Waals surface area (Å²) in [6, 6.07) is 8.80. The molecular weight excluding hydrogens is 218 g/mol. The molecule has 2 aromatic rings. The fourth-order valence-electron chi connectivity index (χ4n) is 1.50. The molecule has 0 radical (unpaired) electrons. The van der Waals surface area contributed by atoms with Crippen molar-refractivity contribution in [3.63, 3.8) is 0 Å². The number of nitro groups is 1. The van der Waals surface area contributed by atoms with E-state index in [2.05, 4.69) is 4.98 Å². The lowest BCUT2D eigenvalue weighted by atomic mass is 10.1. The van der Waals surface area contributed by atoms with Crippen LogP contribution in [0, 0.1) is 10.1 Å². The van der Waals surface area contributed by atoms with Gasteiger partial charge in [-0.15, -0.1) is 0 Å². The highest BCUT2D eigenvalue weighted by molar-refractivity contribution is 5.75. The van der Waals surface area contributed by atoms with Crippen LogP contribution >= 0.6 is 0 Å². The average Bonchev–Trinajstić information content (AvgIpc) is 2.72. The van der Waals surface area contributed by atoms with Crippen molar-refractivity contribution in [2.24, 2.45) is 7.05 Å². The molecule has 0 aliphatic rings. The Labute approximate surface area is 98.2 Å². The zero-order chi connectivity index (χ0) is 12.3. The van der Waals surface area contributed by atoms with Gasteiger partial charge in [0.2, 0.25) is 0 Å². The van der Waals surface area contributed by atoms with E-state index in [1.165, 1.54) is 6.08 Å². The maximum Gasteiger partial charge on any atom is 0.278 e. The van der Waals surface area contributed by atoms with Gasteiger partial charge in [-0.1, -0.05) is 18.2 Å². The summed E-state index contributed by atoms with van der Waals surface area (Å²) in [6.07, 6.45) is 4.71. The quantitative estimate of drug-likeness (QED) is 0.598. The molecule has 0 saturated carbocycles. The number of aryl methyl sites for hydroxylation is 1. The molecule has 1 aromatic carbocycles. The van der Waals surface area contributed by atoms with Crippen LogP contribution in [0.15, 0.2) is 42.9 Å². The third-order valence-electron chi connectivity index (χ3n) is 2.40. The molecule has 0 atom stereocenters. The molecule has 0 aliphatic heterocycles. The first-order chi connectivity index (χ1) is 8.18. The van der Waals surface area contributed by atoms with Gasteiger partial charge >= 0.3 is 0 Å². The van der Waals surface area contributed by atoms with Gasteiger partial charge in [-0.2, -0.15) is 0 Å². The van der Waals surface area contributed by atoms with Crippen molar-refractivity contribution >= 4 is 11.8 Å². The largest absolute Gasteiger partial charge is 0.334 e. The predicted molar refractivity (Wildman–Crippen MR) is 64.5 cm³/mol. The first kappa shape index (κ1) is 11.1. The van der Waals surface area contributed by atoms with E-state index in [0.717, 1.165) is 0 Å². The molecule has 0 amide bonds. The molecule has 0 aliphatic carbocycles. The number of aromatic nitrogens is 2. The minimum absolute atomic E-state index is 0.0641. The molecular formula is C12H11N3O2. The molecule has 0 N–H and O–H groups in total. The Kier molecular flexibility index (Phi) is 3.00. The van der Waals surface area contributed by atoms with Gasteiger partial charge in [0.05, 0.1) is 28.7 Å². The summed E-state index contributed by atoms with van der Waals surface area (Å²) < 4.78 is 1.73. The molecule has 5 heteroatoms. The van der Waals surface area contributed by atoms with Crippen LogP contribution in [-0.2, 0) is 7.05 Å². The fourth-order valence-corrected chi connectivity index (χ4v) is 1.50. The van der Waals surface area contributed by atoms with E-state index in [0.29, 0.717) is 11.3 Å². The molecule has 0 fully saturated rings. The van der Waals surface area contributed by atoms with Crippen molar-refractivity contribution in [1.29, 1.82) is 0 Å². The highest BCUT2D eigenvalue weighted by atomic mass is 16.6. The lowest BCUT2D eigenvalue weighted by molar-refractivity contribution is -0.374. The number of benzene rings is 1. The van der Waals surface area contributed by atoms with Gasteiger partial charge in [-0.3, -0.25) is 10.1 Å². The third kappa shape index (κ3) is 2.39. The van der Waals surface area contributed by atoms with Crippen molar-refractivity contribution in [3.05, 3.63) is 64.2 Å². The van der Waals surface area contributed by atoms with Crippen molar-refractivity contribution in [3.8, 4) is 0 Å². The van der Waals surface area contributed by atoms with Crippen LogP contribution in [0.3, 0.4) is 0 Å². The fraction of sp³-hybridized carbons (Fsp3) is 0.0833. The normalized spacial score (nSPS) is 11.5. The van der Waals surface area contributed by atoms with Gasteiger partial charge in [0, 0.05) is 13.1 Å². The van der Waals surface area contributed by atoms with Crippen LogP contribution in [0.5, 0.6) is 0 Å². The molecule has 1 heterocycles. The molecule has 5 nitrogen and oxygen atoms in total. The minimum atomic E-state index is -0.387. The van der Waals surface area contributed by atoms with E-state index < -0.39 is 0 Å². The Morgan fingerprint density at radius 2 is 2.12 bits per heavy atom. The molecule has 0 unspecified atom stereocenters. The van der Waals surface area contributed by atoms with Crippen LogP contribution in [-0.4, -0.2) is 14.5 Å². The van der Waals surface area contributed by atoms with Gasteiger partial charge in [0.25, 0.3) is 5.70 Å². The standard InChI is InChI=1S/C12H11N3O2/c1-14-9-13-8-11(14)7-12(15(16)17)10-5-3-2-4-6-10/h2-9H,1H3/b12-7+. The van der Waals surface area contributed by atoms with Crippen LogP contribution in [0.4, 0.5) is 0 Å². The van der Waals surface area contributed by atoms with Gasteiger partial charge < -0.3 is 4.57 Å². The highest BCUT2D eigenvalue weighted by Crippen LogP contribution is 2.18. The maximum atomic E-state index is 11.0. The molecule has 0 spiro atoms. The first-order valence-corrected chi connectivity index (χ1v) is 5.06. The Balaban J connectivity index is 2.47. The summed E-state index contributed by atoms with van der Waals surface area (Å²) in [5.41, 5.74) is 1.34. The SMILES string of the molecule is Cn1cncc1/C=C(\c1ccccc1)[N+](=O)[O-]. The molecule has 0 saturated heterocycles. The molecule has 86 valence electrons. The lowest BCUT2D eigenvalue weighted by Crippen LogP contribution is -1.99. The van der Waals surface area contributed by atoms with Crippen LogP contribution in [0.1, 0.15) is 11.3 Å². The smallest absolute Gasteiger partial charge is 0.278 e. The topological polar surface area (TPSA) is 61.0 Å². The minimum Gasteiger partial charge on any atom is -0.334 e. The summed E-state index contributed by atoms with van der Waals surface area (Å²) in [5.74, 6) is 0. The lowest BCUT2D eigenvalue weighted by Gasteiger charge is -1.99. The summed E-state index contributed by atoms with van der Waals surface area (Å²) in [7, 11) is 1.79. The highest BCUT2D eigenvalue weighted by Gasteiger charge is 2.14. The summed E-state index contributed by atoms with van der Waals surface area (Å²) in [6.45, 7) is 0. The van der Waals surface area contributed by atoms with Gasteiger partial charge in [-0.05, 0) is 12.1 Å². The zero-order valence-corrected chi connectivity index (χ0v) is 9.28. The molecule has 1 aromatic heterocycles. The van der Waals surface area contributed by atoms with Gasteiger partial charge in [0.15, 0.2) is 0 Å². The Bertz CT molecular complexity index is 558. The van der Waals surface area contributed by atoms with Crippen molar-refractivity contribution in [1.82, 2.24) is 9.55 Å². The van der Waals surface area contributed by atoms with Crippen molar-refractivity contribution < 1.29 is 4.92 Å². The Hall–Kier alpha value is -2.43. The Morgan fingerprint density at radius 1 is 1.41 bits per heavy atom. The maximum absolute atomic E-state index is 11.0.